The summed E-state index contributed by atoms with van der Waals surface area (Å²) in [5.74, 6) is 0.307. The number of aryl methyl sites for hydroxylation is 1. The molecule has 0 saturated carbocycles. The van der Waals surface area contributed by atoms with Gasteiger partial charge in [-0.2, -0.15) is 10.1 Å². The fourth-order valence-corrected chi connectivity index (χ4v) is 2.42. The topological polar surface area (TPSA) is 95.8 Å². The van der Waals surface area contributed by atoms with E-state index in [0.717, 1.165) is 5.56 Å². The summed E-state index contributed by atoms with van der Waals surface area (Å²) in [7, 11) is 1.72. The van der Waals surface area contributed by atoms with Crippen LogP contribution in [0.4, 0.5) is 5.95 Å². The van der Waals surface area contributed by atoms with Gasteiger partial charge in [0.2, 0.25) is 5.95 Å². The smallest absolute Gasteiger partial charge is 0.263 e. The SMILES string of the molecule is Cn1ncc2c(=O)[nH]c(NCC(O)Cc3ccc(Cl)cc3)nc21. The van der Waals surface area contributed by atoms with E-state index in [1.54, 1.807) is 19.2 Å². The molecule has 2 heterocycles. The van der Waals surface area contributed by atoms with Gasteiger partial charge in [-0.25, -0.2) is 0 Å². The van der Waals surface area contributed by atoms with Crippen LogP contribution in [0.5, 0.6) is 0 Å². The minimum Gasteiger partial charge on any atom is -0.391 e. The van der Waals surface area contributed by atoms with E-state index in [0.29, 0.717) is 28.4 Å². The van der Waals surface area contributed by atoms with Crippen molar-refractivity contribution in [3.05, 3.63) is 51.4 Å². The summed E-state index contributed by atoms with van der Waals surface area (Å²) in [6.07, 6.45) is 1.33. The van der Waals surface area contributed by atoms with E-state index in [1.807, 2.05) is 12.1 Å². The Bertz CT molecular complexity index is 872. The van der Waals surface area contributed by atoms with Crippen LogP contribution in [0.3, 0.4) is 0 Å². The molecule has 0 spiro atoms. The maximum Gasteiger partial charge on any atom is 0.263 e. The van der Waals surface area contributed by atoms with Crippen LogP contribution < -0.4 is 10.9 Å². The molecule has 1 aromatic carbocycles. The second kappa shape index (κ2) is 6.39. The highest BCUT2D eigenvalue weighted by Gasteiger charge is 2.10. The molecule has 0 saturated heterocycles. The molecule has 120 valence electrons. The molecule has 3 rings (SSSR count). The molecule has 2 aromatic heterocycles. The Hall–Kier alpha value is -2.38. The third kappa shape index (κ3) is 3.52. The number of aromatic nitrogens is 4. The highest BCUT2D eigenvalue weighted by atomic mass is 35.5. The molecule has 23 heavy (non-hydrogen) atoms. The normalized spacial score (nSPS) is 12.5. The molecular formula is C15H16ClN5O2. The zero-order valence-corrected chi connectivity index (χ0v) is 13.2. The van der Waals surface area contributed by atoms with Crippen molar-refractivity contribution < 1.29 is 5.11 Å². The highest BCUT2D eigenvalue weighted by molar-refractivity contribution is 6.30. The van der Waals surface area contributed by atoms with E-state index < -0.39 is 6.10 Å². The molecule has 1 unspecified atom stereocenters. The number of aromatic amines is 1. The van der Waals surface area contributed by atoms with Crippen LogP contribution in [0.1, 0.15) is 5.56 Å². The third-order valence-electron chi connectivity index (χ3n) is 3.49. The maximum absolute atomic E-state index is 11.9. The maximum atomic E-state index is 11.9. The number of nitrogens with one attached hydrogen (secondary N) is 2. The number of aliphatic hydroxyl groups excluding tert-OH is 1. The second-order valence-corrected chi connectivity index (χ2v) is 5.72. The van der Waals surface area contributed by atoms with Gasteiger partial charge >= 0.3 is 0 Å². The Balaban J connectivity index is 1.66. The van der Waals surface area contributed by atoms with Gasteiger partial charge in [0.15, 0.2) is 5.65 Å². The van der Waals surface area contributed by atoms with Crippen molar-refractivity contribution in [3.63, 3.8) is 0 Å². The van der Waals surface area contributed by atoms with E-state index in [1.165, 1.54) is 10.9 Å². The van der Waals surface area contributed by atoms with Gasteiger partial charge in [0.05, 0.1) is 12.3 Å². The van der Waals surface area contributed by atoms with Crippen LogP contribution in [0.25, 0.3) is 11.0 Å². The molecule has 3 N–H and O–H groups in total. The average molecular weight is 334 g/mol. The Morgan fingerprint density at radius 1 is 1.39 bits per heavy atom. The van der Waals surface area contributed by atoms with Crippen molar-refractivity contribution in [1.29, 1.82) is 0 Å². The summed E-state index contributed by atoms with van der Waals surface area (Å²) in [5, 5.41) is 18.1. The first-order valence-electron chi connectivity index (χ1n) is 7.11. The minimum atomic E-state index is -0.622. The zero-order valence-electron chi connectivity index (χ0n) is 12.5. The zero-order chi connectivity index (χ0) is 16.4. The molecule has 8 heteroatoms. The number of aliphatic hydroxyl groups is 1. The first kappa shape index (κ1) is 15.5. The van der Waals surface area contributed by atoms with Crippen molar-refractivity contribution in [2.75, 3.05) is 11.9 Å². The summed E-state index contributed by atoms with van der Waals surface area (Å²) in [5.41, 5.74) is 1.20. The van der Waals surface area contributed by atoms with Gasteiger partial charge in [0.25, 0.3) is 5.56 Å². The molecule has 0 aliphatic heterocycles. The van der Waals surface area contributed by atoms with E-state index in [4.69, 9.17) is 11.6 Å². The molecule has 0 aliphatic rings. The fourth-order valence-electron chi connectivity index (χ4n) is 2.30. The van der Waals surface area contributed by atoms with Gasteiger partial charge in [0.1, 0.15) is 5.39 Å². The number of hydrogen-bond acceptors (Lipinski definition) is 5. The lowest BCUT2D eigenvalue weighted by Crippen LogP contribution is -2.24. The lowest BCUT2D eigenvalue weighted by molar-refractivity contribution is 0.188. The lowest BCUT2D eigenvalue weighted by Gasteiger charge is -2.12. The summed E-state index contributed by atoms with van der Waals surface area (Å²) in [6, 6.07) is 7.31. The van der Waals surface area contributed by atoms with E-state index >= 15 is 0 Å². The van der Waals surface area contributed by atoms with Crippen molar-refractivity contribution in [3.8, 4) is 0 Å². The molecule has 0 radical (unpaired) electrons. The summed E-state index contributed by atoms with van der Waals surface area (Å²) < 4.78 is 1.53. The molecule has 0 amide bonds. The summed E-state index contributed by atoms with van der Waals surface area (Å²) in [4.78, 5) is 18.8. The number of rotatable bonds is 5. The molecule has 0 aliphatic carbocycles. The van der Waals surface area contributed by atoms with E-state index in [9.17, 15) is 9.90 Å². The number of nitrogens with zero attached hydrogens (tertiary/aromatic N) is 3. The molecule has 0 bridgehead atoms. The highest BCUT2D eigenvalue weighted by Crippen LogP contribution is 2.11. The first-order chi connectivity index (χ1) is 11.0. The monoisotopic (exact) mass is 333 g/mol. The number of H-pyrrole nitrogens is 1. The van der Waals surface area contributed by atoms with Crippen LogP contribution in [0, 0.1) is 0 Å². The van der Waals surface area contributed by atoms with Crippen molar-refractivity contribution >= 4 is 28.6 Å². The first-order valence-corrected chi connectivity index (χ1v) is 7.49. The fraction of sp³-hybridized carbons (Fsp3) is 0.267. The molecule has 1 atom stereocenters. The van der Waals surface area contributed by atoms with Crippen LogP contribution in [-0.4, -0.2) is 37.5 Å². The summed E-state index contributed by atoms with van der Waals surface area (Å²) in [6.45, 7) is 0.259. The molecular weight excluding hydrogens is 318 g/mol. The molecule has 0 fully saturated rings. The third-order valence-corrected chi connectivity index (χ3v) is 3.74. The van der Waals surface area contributed by atoms with Crippen molar-refractivity contribution in [2.24, 2.45) is 7.05 Å². The van der Waals surface area contributed by atoms with Gasteiger partial charge in [0, 0.05) is 25.0 Å². The van der Waals surface area contributed by atoms with E-state index in [-0.39, 0.29) is 12.1 Å². The minimum absolute atomic E-state index is 0.259. The van der Waals surface area contributed by atoms with Gasteiger partial charge in [-0.15, -0.1) is 0 Å². The van der Waals surface area contributed by atoms with Crippen molar-refractivity contribution in [1.82, 2.24) is 19.7 Å². The molecule has 7 nitrogen and oxygen atoms in total. The Morgan fingerprint density at radius 2 is 2.13 bits per heavy atom. The summed E-state index contributed by atoms with van der Waals surface area (Å²) >= 11 is 5.83. The quantitative estimate of drug-likeness (QED) is 0.654. The van der Waals surface area contributed by atoms with Gasteiger partial charge in [-0.1, -0.05) is 23.7 Å². The Labute approximate surface area is 136 Å². The number of halogens is 1. The van der Waals surface area contributed by atoms with Crippen molar-refractivity contribution in [2.45, 2.75) is 12.5 Å². The van der Waals surface area contributed by atoms with Crippen LogP contribution in [0.15, 0.2) is 35.3 Å². The predicted molar refractivity (Wildman–Crippen MR) is 88.8 cm³/mol. The van der Waals surface area contributed by atoms with Crippen LogP contribution in [-0.2, 0) is 13.5 Å². The largest absolute Gasteiger partial charge is 0.391 e. The number of benzene rings is 1. The van der Waals surface area contributed by atoms with Crippen LogP contribution >= 0.6 is 11.6 Å². The van der Waals surface area contributed by atoms with Crippen LogP contribution in [0.2, 0.25) is 5.02 Å². The Morgan fingerprint density at radius 3 is 2.87 bits per heavy atom. The number of fused-ring (bicyclic) bond motifs is 1. The molecule has 3 aromatic rings. The second-order valence-electron chi connectivity index (χ2n) is 5.29. The average Bonchev–Trinajstić information content (AvgIpc) is 2.90. The predicted octanol–water partition coefficient (Wildman–Crippen LogP) is 1.33. The van der Waals surface area contributed by atoms with Gasteiger partial charge < -0.3 is 10.4 Å². The van der Waals surface area contributed by atoms with Gasteiger partial charge in [-0.05, 0) is 17.7 Å². The van der Waals surface area contributed by atoms with E-state index in [2.05, 4.69) is 20.4 Å². The number of anilines is 1. The number of hydrogen-bond donors (Lipinski definition) is 3. The standard InChI is InChI=1S/C15H16ClN5O2/c1-21-13-12(8-18-21)14(23)20-15(19-13)17-7-11(22)6-9-2-4-10(16)5-3-9/h2-5,8,11,22H,6-7H2,1H3,(H2,17,19,20,23). The Kier molecular flexibility index (Phi) is 4.31. The van der Waals surface area contributed by atoms with Gasteiger partial charge in [-0.3, -0.25) is 14.5 Å². The lowest BCUT2D eigenvalue weighted by atomic mass is 10.1.